The summed E-state index contributed by atoms with van der Waals surface area (Å²) in [6.45, 7) is 9.84. The summed E-state index contributed by atoms with van der Waals surface area (Å²) in [6.07, 6.45) is 5.47. The Morgan fingerprint density at radius 2 is 2.08 bits per heavy atom. The molecule has 24 heavy (non-hydrogen) atoms. The number of anilines is 1. The molecule has 1 aliphatic rings. The van der Waals surface area contributed by atoms with Crippen LogP contribution in [0.25, 0.3) is 0 Å². The van der Waals surface area contributed by atoms with Crippen LogP contribution in [-0.2, 0) is 0 Å². The van der Waals surface area contributed by atoms with Gasteiger partial charge < -0.3 is 14.2 Å². The summed E-state index contributed by atoms with van der Waals surface area (Å²) in [5, 5.41) is 4.17. The molecule has 1 unspecified atom stereocenters. The summed E-state index contributed by atoms with van der Waals surface area (Å²) in [5.74, 6) is 3.44. The van der Waals surface area contributed by atoms with Crippen molar-refractivity contribution in [2.45, 2.75) is 52.5 Å². The SMILES string of the molecule is CC(C)COc1cncc(N2CCCC2c2noc(C(C)C)n2)n1. The van der Waals surface area contributed by atoms with E-state index < -0.39 is 0 Å². The predicted molar refractivity (Wildman–Crippen MR) is 90.1 cm³/mol. The van der Waals surface area contributed by atoms with Crippen LogP contribution in [0.2, 0.25) is 0 Å². The molecular formula is C17H25N5O2. The van der Waals surface area contributed by atoms with Crippen LogP contribution in [0, 0.1) is 5.92 Å². The number of aromatic nitrogens is 4. The van der Waals surface area contributed by atoms with Crippen LogP contribution in [0.3, 0.4) is 0 Å². The van der Waals surface area contributed by atoms with Gasteiger partial charge in [0.15, 0.2) is 11.6 Å². The zero-order valence-corrected chi connectivity index (χ0v) is 14.8. The third kappa shape index (κ3) is 3.66. The number of hydrogen-bond donors (Lipinski definition) is 0. The van der Waals surface area contributed by atoms with Crippen LogP contribution in [0.1, 0.15) is 64.2 Å². The summed E-state index contributed by atoms with van der Waals surface area (Å²) < 4.78 is 11.1. The first-order chi connectivity index (χ1) is 11.5. The Labute approximate surface area is 142 Å². The van der Waals surface area contributed by atoms with E-state index in [4.69, 9.17) is 9.26 Å². The fraction of sp³-hybridized carbons (Fsp3) is 0.647. The fourth-order valence-corrected chi connectivity index (χ4v) is 2.72. The summed E-state index contributed by atoms with van der Waals surface area (Å²) >= 11 is 0. The summed E-state index contributed by atoms with van der Waals surface area (Å²) in [7, 11) is 0. The molecule has 1 aliphatic heterocycles. The number of hydrogen-bond acceptors (Lipinski definition) is 7. The van der Waals surface area contributed by atoms with E-state index in [0.29, 0.717) is 24.3 Å². The number of rotatable bonds is 6. The molecule has 0 bridgehead atoms. The van der Waals surface area contributed by atoms with Crippen molar-refractivity contribution in [3.63, 3.8) is 0 Å². The normalized spacial score (nSPS) is 17.9. The maximum absolute atomic E-state index is 5.69. The van der Waals surface area contributed by atoms with Gasteiger partial charge in [-0.05, 0) is 18.8 Å². The van der Waals surface area contributed by atoms with Crippen molar-refractivity contribution in [2.75, 3.05) is 18.1 Å². The first kappa shape index (κ1) is 16.7. The molecule has 1 fully saturated rings. The molecule has 3 rings (SSSR count). The lowest BCUT2D eigenvalue weighted by atomic mass is 10.2. The van der Waals surface area contributed by atoms with Crippen LogP contribution >= 0.6 is 0 Å². The third-order valence-corrected chi connectivity index (χ3v) is 3.96. The Hall–Kier alpha value is -2.18. The molecule has 0 N–H and O–H groups in total. The lowest BCUT2D eigenvalue weighted by molar-refractivity contribution is 0.260. The second-order valence-electron chi connectivity index (χ2n) is 6.92. The maximum atomic E-state index is 5.69. The molecule has 7 nitrogen and oxygen atoms in total. The third-order valence-electron chi connectivity index (χ3n) is 3.96. The Morgan fingerprint density at radius 3 is 2.79 bits per heavy atom. The minimum atomic E-state index is 0.0795. The van der Waals surface area contributed by atoms with E-state index in [2.05, 4.69) is 38.9 Å². The second-order valence-corrected chi connectivity index (χ2v) is 6.92. The van der Waals surface area contributed by atoms with E-state index in [1.165, 1.54) is 0 Å². The minimum absolute atomic E-state index is 0.0795. The fourth-order valence-electron chi connectivity index (χ4n) is 2.72. The van der Waals surface area contributed by atoms with Crippen molar-refractivity contribution >= 4 is 5.82 Å². The average Bonchev–Trinajstić information content (AvgIpc) is 3.21. The van der Waals surface area contributed by atoms with Crippen LogP contribution in [0.15, 0.2) is 16.9 Å². The van der Waals surface area contributed by atoms with E-state index in [0.717, 1.165) is 31.0 Å². The molecule has 7 heteroatoms. The van der Waals surface area contributed by atoms with Gasteiger partial charge in [0, 0.05) is 12.5 Å². The Kier molecular flexibility index (Phi) is 4.97. The second kappa shape index (κ2) is 7.15. The van der Waals surface area contributed by atoms with Crippen molar-refractivity contribution in [3.05, 3.63) is 24.1 Å². The molecular weight excluding hydrogens is 306 g/mol. The first-order valence-corrected chi connectivity index (χ1v) is 8.59. The number of nitrogens with zero attached hydrogens (tertiary/aromatic N) is 5. The zero-order chi connectivity index (χ0) is 17.1. The molecule has 2 aromatic heterocycles. The van der Waals surface area contributed by atoms with Crippen molar-refractivity contribution in [3.8, 4) is 5.88 Å². The monoisotopic (exact) mass is 331 g/mol. The van der Waals surface area contributed by atoms with Gasteiger partial charge in [-0.25, -0.2) is 0 Å². The van der Waals surface area contributed by atoms with E-state index >= 15 is 0 Å². The molecule has 2 aromatic rings. The highest BCUT2D eigenvalue weighted by Gasteiger charge is 2.31. The average molecular weight is 331 g/mol. The van der Waals surface area contributed by atoms with Gasteiger partial charge >= 0.3 is 0 Å². The molecule has 0 aromatic carbocycles. The van der Waals surface area contributed by atoms with Crippen LogP contribution in [0.4, 0.5) is 5.82 Å². The molecule has 0 spiro atoms. The molecule has 1 saturated heterocycles. The van der Waals surface area contributed by atoms with Crippen LogP contribution in [0.5, 0.6) is 5.88 Å². The van der Waals surface area contributed by atoms with Gasteiger partial charge in [0.1, 0.15) is 0 Å². The van der Waals surface area contributed by atoms with E-state index in [-0.39, 0.29) is 12.0 Å². The number of ether oxygens (including phenoxy) is 1. The standard InChI is InChI=1S/C17H25N5O2/c1-11(2)10-23-15-9-18-8-14(19-15)22-7-5-6-13(22)16-20-17(12(3)4)24-21-16/h8-9,11-13H,5-7,10H2,1-4H3. The van der Waals surface area contributed by atoms with Gasteiger partial charge in [-0.1, -0.05) is 32.9 Å². The maximum Gasteiger partial charge on any atom is 0.234 e. The smallest absolute Gasteiger partial charge is 0.234 e. The van der Waals surface area contributed by atoms with Crippen molar-refractivity contribution in [1.29, 1.82) is 0 Å². The lowest BCUT2D eigenvalue weighted by Gasteiger charge is -2.23. The van der Waals surface area contributed by atoms with Gasteiger partial charge in [-0.2, -0.15) is 9.97 Å². The van der Waals surface area contributed by atoms with E-state index in [1.807, 2.05) is 13.8 Å². The molecule has 1 atom stereocenters. The minimum Gasteiger partial charge on any atom is -0.476 e. The Morgan fingerprint density at radius 1 is 1.25 bits per heavy atom. The van der Waals surface area contributed by atoms with Crippen LogP contribution in [-0.4, -0.2) is 33.3 Å². The van der Waals surface area contributed by atoms with Gasteiger partial charge in [0.25, 0.3) is 0 Å². The molecule has 0 amide bonds. The molecule has 0 saturated carbocycles. The molecule has 0 radical (unpaired) electrons. The van der Waals surface area contributed by atoms with Crippen molar-refractivity contribution < 1.29 is 9.26 Å². The Bertz CT molecular complexity index is 671. The highest BCUT2D eigenvalue weighted by molar-refractivity contribution is 5.41. The van der Waals surface area contributed by atoms with Gasteiger partial charge in [0.05, 0.1) is 25.0 Å². The first-order valence-electron chi connectivity index (χ1n) is 8.59. The van der Waals surface area contributed by atoms with Crippen molar-refractivity contribution in [1.82, 2.24) is 20.1 Å². The molecule has 130 valence electrons. The zero-order valence-electron chi connectivity index (χ0n) is 14.8. The lowest BCUT2D eigenvalue weighted by Crippen LogP contribution is -2.24. The van der Waals surface area contributed by atoms with Crippen LogP contribution < -0.4 is 9.64 Å². The topological polar surface area (TPSA) is 77.2 Å². The van der Waals surface area contributed by atoms with Gasteiger partial charge in [-0.15, -0.1) is 0 Å². The molecule has 0 aliphatic carbocycles. The van der Waals surface area contributed by atoms with Crippen molar-refractivity contribution in [2.24, 2.45) is 5.92 Å². The summed E-state index contributed by atoms with van der Waals surface area (Å²) in [5.41, 5.74) is 0. The largest absolute Gasteiger partial charge is 0.476 e. The van der Waals surface area contributed by atoms with E-state index in [1.54, 1.807) is 12.4 Å². The highest BCUT2D eigenvalue weighted by atomic mass is 16.5. The Balaban J connectivity index is 1.78. The van der Waals surface area contributed by atoms with Gasteiger partial charge in [-0.3, -0.25) is 4.98 Å². The summed E-state index contributed by atoms with van der Waals surface area (Å²) in [4.78, 5) is 15.6. The highest BCUT2D eigenvalue weighted by Crippen LogP contribution is 2.34. The predicted octanol–water partition coefficient (Wildman–Crippen LogP) is 3.36. The summed E-state index contributed by atoms with van der Waals surface area (Å²) in [6, 6.07) is 0.0795. The van der Waals surface area contributed by atoms with Gasteiger partial charge in [0.2, 0.25) is 11.8 Å². The van der Waals surface area contributed by atoms with E-state index in [9.17, 15) is 0 Å². The molecule has 3 heterocycles. The quantitative estimate of drug-likeness (QED) is 0.803.